The number of nitrogens with one attached hydrogen (secondary N) is 1. The Labute approximate surface area is 199 Å². The number of hydrogen-bond donors (Lipinski definition) is 1. The zero-order valence-electron chi connectivity index (χ0n) is 17.3. The van der Waals surface area contributed by atoms with Crippen LogP contribution in [0.25, 0.3) is 10.9 Å². The molecule has 1 N–H and O–H groups in total. The molecular formula is C25H18Cl2N2O4. The van der Waals surface area contributed by atoms with E-state index in [1.165, 1.54) is 0 Å². The second-order valence-electron chi connectivity index (χ2n) is 7.68. The van der Waals surface area contributed by atoms with Gasteiger partial charge >= 0.3 is 0 Å². The summed E-state index contributed by atoms with van der Waals surface area (Å²) >= 11 is 12.5. The SMILES string of the molecule is O=C(c1cccc(Cl)c1)N(Cc1ccccc1Cl)Cc1cc2cc3c(cc2[nH]c1=O)OCO3. The predicted octanol–water partition coefficient (Wildman–Crippen LogP) is 5.41. The zero-order valence-corrected chi connectivity index (χ0v) is 18.8. The molecule has 8 heteroatoms. The minimum Gasteiger partial charge on any atom is -0.454 e. The first-order chi connectivity index (χ1) is 16.0. The molecule has 2 heterocycles. The lowest BCUT2D eigenvalue weighted by atomic mass is 10.1. The van der Waals surface area contributed by atoms with Crippen molar-refractivity contribution in [2.75, 3.05) is 6.79 Å². The van der Waals surface area contributed by atoms with Crippen molar-refractivity contribution in [3.8, 4) is 11.5 Å². The van der Waals surface area contributed by atoms with Gasteiger partial charge in [-0.1, -0.05) is 47.5 Å². The van der Waals surface area contributed by atoms with E-state index in [4.69, 9.17) is 32.7 Å². The molecule has 33 heavy (non-hydrogen) atoms. The van der Waals surface area contributed by atoms with Crippen LogP contribution in [0.5, 0.6) is 11.5 Å². The van der Waals surface area contributed by atoms with E-state index in [1.807, 2.05) is 24.3 Å². The van der Waals surface area contributed by atoms with Crippen molar-refractivity contribution in [2.45, 2.75) is 13.1 Å². The van der Waals surface area contributed by atoms with Crippen molar-refractivity contribution >= 4 is 40.0 Å². The summed E-state index contributed by atoms with van der Waals surface area (Å²) in [6, 6.07) is 19.3. The summed E-state index contributed by atoms with van der Waals surface area (Å²) in [6.07, 6.45) is 0. The lowest BCUT2D eigenvalue weighted by Crippen LogP contribution is -2.32. The van der Waals surface area contributed by atoms with Crippen LogP contribution < -0.4 is 15.0 Å². The molecule has 0 saturated heterocycles. The van der Waals surface area contributed by atoms with Crippen LogP contribution in [0.1, 0.15) is 21.5 Å². The Morgan fingerprint density at radius 3 is 2.45 bits per heavy atom. The highest BCUT2D eigenvalue weighted by atomic mass is 35.5. The van der Waals surface area contributed by atoms with E-state index in [9.17, 15) is 9.59 Å². The second-order valence-corrected chi connectivity index (χ2v) is 8.52. The van der Waals surface area contributed by atoms with Crippen molar-refractivity contribution in [1.29, 1.82) is 0 Å². The quantitative estimate of drug-likeness (QED) is 0.414. The van der Waals surface area contributed by atoms with Gasteiger partial charge in [0.2, 0.25) is 6.79 Å². The number of H-pyrrole nitrogens is 1. The van der Waals surface area contributed by atoms with E-state index in [2.05, 4.69) is 4.98 Å². The number of halogens is 2. The first kappa shape index (κ1) is 21.4. The first-order valence-electron chi connectivity index (χ1n) is 10.2. The van der Waals surface area contributed by atoms with Gasteiger partial charge in [0.1, 0.15) is 0 Å². The van der Waals surface area contributed by atoms with Crippen LogP contribution in [0, 0.1) is 0 Å². The average Bonchev–Trinajstić information content (AvgIpc) is 3.25. The fourth-order valence-corrected chi connectivity index (χ4v) is 4.19. The molecule has 0 saturated carbocycles. The summed E-state index contributed by atoms with van der Waals surface area (Å²) in [4.78, 5) is 30.8. The number of ether oxygens (including phenoxy) is 2. The summed E-state index contributed by atoms with van der Waals surface area (Å²) in [5.41, 5.74) is 1.98. The van der Waals surface area contributed by atoms with E-state index in [0.717, 1.165) is 10.9 Å². The highest BCUT2D eigenvalue weighted by Gasteiger charge is 2.21. The van der Waals surface area contributed by atoms with Gasteiger partial charge in [0.15, 0.2) is 11.5 Å². The second kappa shape index (κ2) is 8.81. The number of amides is 1. The number of rotatable bonds is 5. The summed E-state index contributed by atoms with van der Waals surface area (Å²) in [6.45, 7) is 0.447. The van der Waals surface area contributed by atoms with Gasteiger partial charge in [0.05, 0.1) is 12.1 Å². The molecular weight excluding hydrogens is 463 g/mol. The number of hydrogen-bond acceptors (Lipinski definition) is 4. The molecule has 6 nitrogen and oxygen atoms in total. The largest absolute Gasteiger partial charge is 0.454 e. The molecule has 1 aromatic heterocycles. The molecule has 1 aliphatic heterocycles. The standard InChI is InChI=1S/C25H18Cl2N2O4/c26-19-6-3-5-15(9-19)25(31)29(12-16-4-1-2-7-20(16)27)13-18-8-17-10-22-23(33-14-32-22)11-21(17)28-24(18)30/h1-11H,12-14H2,(H,28,30). The highest BCUT2D eigenvalue weighted by Crippen LogP contribution is 2.35. The Balaban J connectivity index is 1.53. The van der Waals surface area contributed by atoms with Gasteiger partial charge in [-0.3, -0.25) is 9.59 Å². The van der Waals surface area contributed by atoms with E-state index >= 15 is 0 Å². The number of carbonyl (C=O) groups excluding carboxylic acids is 1. The number of aromatic amines is 1. The lowest BCUT2D eigenvalue weighted by molar-refractivity contribution is 0.0729. The van der Waals surface area contributed by atoms with Crippen LogP contribution in [0.4, 0.5) is 0 Å². The van der Waals surface area contributed by atoms with Gasteiger partial charge in [0.25, 0.3) is 11.5 Å². The number of nitrogens with zero attached hydrogens (tertiary/aromatic N) is 1. The Hall–Kier alpha value is -3.48. The maximum absolute atomic E-state index is 13.4. The maximum atomic E-state index is 13.4. The maximum Gasteiger partial charge on any atom is 0.254 e. The minimum atomic E-state index is -0.288. The predicted molar refractivity (Wildman–Crippen MR) is 127 cm³/mol. The molecule has 0 fully saturated rings. The summed E-state index contributed by atoms with van der Waals surface area (Å²) in [7, 11) is 0. The van der Waals surface area contributed by atoms with Crippen molar-refractivity contribution in [3.05, 3.63) is 104 Å². The third-order valence-electron chi connectivity index (χ3n) is 5.45. The Morgan fingerprint density at radius 1 is 0.909 bits per heavy atom. The topological polar surface area (TPSA) is 71.6 Å². The zero-order chi connectivity index (χ0) is 22.9. The van der Waals surface area contributed by atoms with Gasteiger partial charge in [-0.15, -0.1) is 0 Å². The fourth-order valence-electron chi connectivity index (χ4n) is 3.80. The number of carbonyl (C=O) groups is 1. The van der Waals surface area contributed by atoms with E-state index in [1.54, 1.807) is 47.4 Å². The normalized spacial score (nSPS) is 12.2. The molecule has 0 bridgehead atoms. The van der Waals surface area contributed by atoms with Crippen molar-refractivity contribution in [2.24, 2.45) is 0 Å². The van der Waals surface area contributed by atoms with Gasteiger partial charge in [-0.2, -0.15) is 0 Å². The lowest BCUT2D eigenvalue weighted by Gasteiger charge is -2.23. The smallest absolute Gasteiger partial charge is 0.254 e. The molecule has 0 aliphatic carbocycles. The van der Waals surface area contributed by atoms with Crippen LogP contribution >= 0.6 is 23.2 Å². The number of pyridine rings is 1. The molecule has 166 valence electrons. The van der Waals surface area contributed by atoms with Crippen LogP contribution in [-0.4, -0.2) is 22.6 Å². The molecule has 4 aromatic rings. The monoisotopic (exact) mass is 480 g/mol. The molecule has 0 atom stereocenters. The minimum absolute atomic E-state index is 0.0796. The summed E-state index contributed by atoms with van der Waals surface area (Å²) < 4.78 is 10.8. The van der Waals surface area contributed by atoms with Crippen molar-refractivity contribution in [1.82, 2.24) is 9.88 Å². The van der Waals surface area contributed by atoms with Crippen LogP contribution in [0.2, 0.25) is 10.0 Å². The van der Waals surface area contributed by atoms with Crippen LogP contribution in [0.3, 0.4) is 0 Å². The Morgan fingerprint density at radius 2 is 1.67 bits per heavy atom. The number of aromatic nitrogens is 1. The molecule has 0 unspecified atom stereocenters. The van der Waals surface area contributed by atoms with E-state index in [0.29, 0.717) is 38.2 Å². The van der Waals surface area contributed by atoms with Crippen LogP contribution in [-0.2, 0) is 13.1 Å². The van der Waals surface area contributed by atoms with Crippen LogP contribution in [0.15, 0.2) is 71.5 Å². The van der Waals surface area contributed by atoms with Gasteiger partial charge in [-0.25, -0.2) is 0 Å². The number of fused-ring (bicyclic) bond motifs is 2. The Kier molecular flexibility index (Phi) is 5.70. The average molecular weight is 481 g/mol. The van der Waals surface area contributed by atoms with Gasteiger partial charge < -0.3 is 19.4 Å². The van der Waals surface area contributed by atoms with Crippen molar-refractivity contribution in [3.63, 3.8) is 0 Å². The number of benzene rings is 3. The Bertz CT molecular complexity index is 1430. The molecule has 5 rings (SSSR count). The van der Waals surface area contributed by atoms with E-state index < -0.39 is 0 Å². The first-order valence-corrected chi connectivity index (χ1v) is 11.0. The molecule has 0 spiro atoms. The highest BCUT2D eigenvalue weighted by molar-refractivity contribution is 6.31. The van der Waals surface area contributed by atoms with Crippen molar-refractivity contribution < 1.29 is 14.3 Å². The van der Waals surface area contributed by atoms with Gasteiger partial charge in [0, 0.05) is 39.2 Å². The fraction of sp³-hybridized carbons (Fsp3) is 0.120. The molecule has 0 radical (unpaired) electrons. The summed E-state index contributed by atoms with van der Waals surface area (Å²) in [5, 5.41) is 1.78. The molecule has 3 aromatic carbocycles. The molecule has 1 aliphatic rings. The van der Waals surface area contributed by atoms with Gasteiger partial charge in [-0.05, 0) is 42.0 Å². The summed E-state index contributed by atoms with van der Waals surface area (Å²) in [5.74, 6) is 0.938. The van der Waals surface area contributed by atoms with E-state index in [-0.39, 0.29) is 31.3 Å². The molecule has 1 amide bonds. The third kappa shape index (κ3) is 4.40. The third-order valence-corrected chi connectivity index (χ3v) is 6.06.